The Bertz CT molecular complexity index is 914. The number of likely N-dealkylation sites (N-methyl/N-ethyl adjacent to an activating group) is 1. The maximum Gasteiger partial charge on any atom is 0.243 e. The first kappa shape index (κ1) is 19.5. The van der Waals surface area contributed by atoms with Gasteiger partial charge in [0, 0.05) is 19.7 Å². The number of carbonyl (C=O) groups is 2. The fourth-order valence-corrected chi connectivity index (χ4v) is 3.26. The molecule has 0 unspecified atom stereocenters. The second kappa shape index (κ2) is 8.07. The van der Waals surface area contributed by atoms with Crippen LogP contribution >= 0.6 is 0 Å². The van der Waals surface area contributed by atoms with Crippen LogP contribution in [0.5, 0.6) is 0 Å². The number of rotatable bonds is 6. The summed E-state index contributed by atoms with van der Waals surface area (Å²) in [6, 6.07) is 11.1. The van der Waals surface area contributed by atoms with Crippen LogP contribution in [-0.4, -0.2) is 38.1 Å². The first-order valence-corrected chi connectivity index (χ1v) is 9.02. The van der Waals surface area contributed by atoms with Gasteiger partial charge in [0.25, 0.3) is 0 Å². The van der Waals surface area contributed by atoms with Gasteiger partial charge in [0.15, 0.2) is 0 Å². The van der Waals surface area contributed by atoms with Crippen molar-refractivity contribution in [2.45, 2.75) is 11.8 Å². The smallest absolute Gasteiger partial charge is 0.243 e. The molecule has 9 heteroatoms. The predicted octanol–water partition coefficient (Wildman–Crippen LogP) is 2.04. The SMILES string of the molecule is CC(=O)Nc1ccc(S(=O)(=O)N(C)CC(=O)Nc2ccccc2F)cc1. The van der Waals surface area contributed by atoms with Gasteiger partial charge in [-0.15, -0.1) is 0 Å². The van der Waals surface area contributed by atoms with Gasteiger partial charge in [-0.1, -0.05) is 12.1 Å². The second-order valence-electron chi connectivity index (χ2n) is 5.49. The van der Waals surface area contributed by atoms with Gasteiger partial charge < -0.3 is 10.6 Å². The van der Waals surface area contributed by atoms with Crippen LogP contribution in [0.25, 0.3) is 0 Å². The Balaban J connectivity index is 2.07. The lowest BCUT2D eigenvalue weighted by atomic mass is 10.3. The molecule has 26 heavy (non-hydrogen) atoms. The molecule has 0 fully saturated rings. The first-order valence-electron chi connectivity index (χ1n) is 7.58. The van der Waals surface area contributed by atoms with Crippen LogP contribution in [0, 0.1) is 5.82 Å². The van der Waals surface area contributed by atoms with Gasteiger partial charge in [-0.25, -0.2) is 12.8 Å². The number of carbonyl (C=O) groups excluding carboxylic acids is 2. The number of anilines is 2. The topological polar surface area (TPSA) is 95.6 Å². The molecule has 0 aliphatic carbocycles. The van der Waals surface area contributed by atoms with E-state index in [4.69, 9.17) is 0 Å². The van der Waals surface area contributed by atoms with Crippen LogP contribution in [0.1, 0.15) is 6.92 Å². The number of halogens is 1. The Morgan fingerprint density at radius 3 is 2.23 bits per heavy atom. The lowest BCUT2D eigenvalue weighted by Gasteiger charge is -2.17. The highest BCUT2D eigenvalue weighted by atomic mass is 32.2. The zero-order valence-corrected chi connectivity index (χ0v) is 15.0. The molecule has 2 rings (SSSR count). The molecule has 2 amide bonds. The van der Waals surface area contributed by atoms with Crippen LogP contribution in [0.2, 0.25) is 0 Å². The molecule has 0 aliphatic heterocycles. The third-order valence-corrected chi connectivity index (χ3v) is 5.21. The summed E-state index contributed by atoms with van der Waals surface area (Å²) in [6.07, 6.45) is 0. The third kappa shape index (κ3) is 4.87. The van der Waals surface area contributed by atoms with Gasteiger partial charge in [-0.3, -0.25) is 9.59 Å². The lowest BCUT2D eigenvalue weighted by molar-refractivity contribution is -0.116. The highest BCUT2D eigenvalue weighted by Crippen LogP contribution is 2.18. The Morgan fingerprint density at radius 2 is 1.65 bits per heavy atom. The molecule has 0 atom stereocenters. The number of benzene rings is 2. The molecule has 2 aromatic rings. The first-order chi connectivity index (χ1) is 12.2. The maximum atomic E-state index is 13.5. The molecule has 0 aromatic heterocycles. The van der Waals surface area contributed by atoms with E-state index in [2.05, 4.69) is 10.6 Å². The molecule has 7 nitrogen and oxygen atoms in total. The molecular weight excluding hydrogens is 361 g/mol. The number of nitrogens with zero attached hydrogens (tertiary/aromatic N) is 1. The Kier molecular flexibility index (Phi) is 6.06. The average Bonchev–Trinajstić information content (AvgIpc) is 2.57. The molecule has 0 saturated heterocycles. The molecular formula is C17H18FN3O4S. The van der Waals surface area contributed by atoms with E-state index in [0.717, 1.165) is 4.31 Å². The number of para-hydroxylation sites is 1. The van der Waals surface area contributed by atoms with Crippen LogP contribution in [0.15, 0.2) is 53.4 Å². The van der Waals surface area contributed by atoms with E-state index in [1.54, 1.807) is 6.07 Å². The molecule has 0 saturated carbocycles. The maximum absolute atomic E-state index is 13.5. The van der Waals surface area contributed by atoms with Crippen molar-refractivity contribution in [1.29, 1.82) is 0 Å². The van der Waals surface area contributed by atoms with E-state index < -0.39 is 28.3 Å². The number of hydrogen-bond acceptors (Lipinski definition) is 4. The number of sulfonamides is 1. The minimum atomic E-state index is -3.92. The molecule has 138 valence electrons. The number of nitrogens with one attached hydrogen (secondary N) is 2. The summed E-state index contributed by atoms with van der Waals surface area (Å²) in [6.45, 7) is 0.858. The fraction of sp³-hybridized carbons (Fsp3) is 0.176. The highest BCUT2D eigenvalue weighted by molar-refractivity contribution is 7.89. The van der Waals surface area contributed by atoms with Crippen LogP contribution in [0.3, 0.4) is 0 Å². The van der Waals surface area contributed by atoms with Crippen molar-refractivity contribution in [3.8, 4) is 0 Å². The minimum Gasteiger partial charge on any atom is -0.326 e. The summed E-state index contributed by atoms with van der Waals surface area (Å²) in [7, 11) is -2.67. The molecule has 2 N–H and O–H groups in total. The van der Waals surface area contributed by atoms with Crippen molar-refractivity contribution in [1.82, 2.24) is 4.31 Å². The minimum absolute atomic E-state index is 0.0250. The summed E-state index contributed by atoms with van der Waals surface area (Å²) >= 11 is 0. The molecule has 0 heterocycles. The van der Waals surface area contributed by atoms with E-state index in [9.17, 15) is 22.4 Å². The van der Waals surface area contributed by atoms with E-state index >= 15 is 0 Å². The van der Waals surface area contributed by atoms with Gasteiger partial charge >= 0.3 is 0 Å². The van der Waals surface area contributed by atoms with E-state index in [-0.39, 0.29) is 16.5 Å². The fourth-order valence-electron chi connectivity index (χ4n) is 2.13. The van der Waals surface area contributed by atoms with Gasteiger partial charge in [0.05, 0.1) is 17.1 Å². The average molecular weight is 379 g/mol. The summed E-state index contributed by atoms with van der Waals surface area (Å²) < 4.78 is 39.4. The Hall–Kier alpha value is -2.78. The predicted molar refractivity (Wildman–Crippen MR) is 95.6 cm³/mol. The van der Waals surface area contributed by atoms with Crippen molar-refractivity contribution >= 4 is 33.2 Å². The van der Waals surface area contributed by atoms with Crippen LogP contribution in [-0.2, 0) is 19.6 Å². The standard InChI is InChI=1S/C17H18FN3O4S/c1-12(22)19-13-7-9-14(10-8-13)26(24,25)21(2)11-17(23)20-16-6-4-3-5-15(16)18/h3-10H,11H2,1-2H3,(H,19,22)(H,20,23). The molecule has 0 aliphatic rings. The quantitative estimate of drug-likeness (QED) is 0.803. The summed E-state index contributed by atoms with van der Waals surface area (Å²) in [5.74, 6) is -1.56. The molecule has 0 spiro atoms. The van der Waals surface area contributed by atoms with Crippen molar-refractivity contribution < 1.29 is 22.4 Å². The normalized spacial score (nSPS) is 11.2. The van der Waals surface area contributed by atoms with Gasteiger partial charge in [-0.2, -0.15) is 4.31 Å². The largest absolute Gasteiger partial charge is 0.326 e. The van der Waals surface area contributed by atoms with Gasteiger partial charge in [-0.05, 0) is 36.4 Å². The lowest BCUT2D eigenvalue weighted by Crippen LogP contribution is -2.35. The van der Waals surface area contributed by atoms with Crippen molar-refractivity contribution in [3.63, 3.8) is 0 Å². The Morgan fingerprint density at radius 1 is 1.04 bits per heavy atom. The summed E-state index contributed by atoms with van der Waals surface area (Å²) in [4.78, 5) is 23.0. The number of hydrogen-bond donors (Lipinski definition) is 2. The third-order valence-electron chi connectivity index (χ3n) is 3.40. The van der Waals surface area contributed by atoms with Crippen LogP contribution < -0.4 is 10.6 Å². The highest BCUT2D eigenvalue weighted by Gasteiger charge is 2.23. The molecule has 0 radical (unpaired) electrons. The van der Waals surface area contributed by atoms with Crippen molar-refractivity contribution in [3.05, 3.63) is 54.3 Å². The molecule has 2 aromatic carbocycles. The van der Waals surface area contributed by atoms with Crippen molar-refractivity contribution in [2.24, 2.45) is 0 Å². The zero-order chi connectivity index (χ0) is 19.3. The van der Waals surface area contributed by atoms with Crippen LogP contribution in [0.4, 0.5) is 15.8 Å². The van der Waals surface area contributed by atoms with E-state index in [0.29, 0.717) is 5.69 Å². The second-order valence-corrected chi connectivity index (χ2v) is 7.54. The Labute approximate surface area is 150 Å². The zero-order valence-electron chi connectivity index (χ0n) is 14.2. The van der Waals surface area contributed by atoms with E-state index in [1.165, 1.54) is 56.4 Å². The number of amides is 2. The van der Waals surface area contributed by atoms with Crippen molar-refractivity contribution in [2.75, 3.05) is 24.2 Å². The van der Waals surface area contributed by atoms with E-state index in [1.807, 2.05) is 0 Å². The molecule has 0 bridgehead atoms. The van der Waals surface area contributed by atoms with Gasteiger partial charge in [0.2, 0.25) is 21.8 Å². The monoisotopic (exact) mass is 379 g/mol. The summed E-state index contributed by atoms with van der Waals surface area (Å²) in [5, 5.41) is 4.86. The summed E-state index contributed by atoms with van der Waals surface area (Å²) in [5.41, 5.74) is 0.430. The van der Waals surface area contributed by atoms with Gasteiger partial charge in [0.1, 0.15) is 5.82 Å².